The molecule has 0 radical (unpaired) electrons. The van der Waals surface area contributed by atoms with Crippen molar-refractivity contribution in [3.63, 3.8) is 0 Å². The van der Waals surface area contributed by atoms with Crippen LogP contribution < -0.4 is 5.32 Å². The van der Waals surface area contributed by atoms with Crippen LogP contribution in [0.1, 0.15) is 55.8 Å². The number of carbonyl (C=O) groups excluding carboxylic acids is 1. The predicted octanol–water partition coefficient (Wildman–Crippen LogP) is 3.62. The number of aryl methyl sites for hydroxylation is 2. The lowest BCUT2D eigenvalue weighted by Crippen LogP contribution is -2.42. The van der Waals surface area contributed by atoms with Crippen LogP contribution in [-0.2, 0) is 17.6 Å². The van der Waals surface area contributed by atoms with Crippen molar-refractivity contribution in [2.75, 3.05) is 0 Å². The molecule has 0 bridgehead atoms. The van der Waals surface area contributed by atoms with E-state index in [9.17, 15) is 4.79 Å². The molecule has 5 nitrogen and oxygen atoms in total. The summed E-state index contributed by atoms with van der Waals surface area (Å²) in [6, 6.07) is 10.9. The fourth-order valence-corrected chi connectivity index (χ4v) is 3.68. The van der Waals surface area contributed by atoms with Crippen LogP contribution in [0.25, 0.3) is 0 Å². The lowest BCUT2D eigenvalue weighted by atomic mass is 9.80. The minimum absolute atomic E-state index is 0.140. The van der Waals surface area contributed by atoms with Gasteiger partial charge in [-0.3, -0.25) is 4.79 Å². The molecule has 1 fully saturated rings. The number of nitrogens with zero attached hydrogens (tertiary/aromatic N) is 2. The van der Waals surface area contributed by atoms with Gasteiger partial charge in [0.2, 0.25) is 11.8 Å². The van der Waals surface area contributed by atoms with Gasteiger partial charge in [-0.25, -0.2) is 0 Å². The molecule has 3 rings (SSSR count). The van der Waals surface area contributed by atoms with Crippen LogP contribution in [0.3, 0.4) is 0 Å². The number of hydrogen-bond donors (Lipinski definition) is 1. The molecule has 1 heterocycles. The third kappa shape index (κ3) is 5.41. The number of rotatable bonds is 7. The molecule has 25 heavy (non-hydrogen) atoms. The number of benzene rings is 1. The highest BCUT2D eigenvalue weighted by Crippen LogP contribution is 2.27. The average Bonchev–Trinajstić information content (AvgIpc) is 3.03. The van der Waals surface area contributed by atoms with Crippen LogP contribution in [0.15, 0.2) is 34.9 Å². The van der Waals surface area contributed by atoms with Crippen molar-refractivity contribution >= 4 is 5.91 Å². The number of aromatic nitrogens is 2. The van der Waals surface area contributed by atoms with Crippen LogP contribution >= 0.6 is 0 Å². The SMILES string of the molecule is Cc1noc(CCCC(=O)N[C@H]2CCCC[C@H]2Cc2ccccc2)n1. The quantitative estimate of drug-likeness (QED) is 0.835. The first kappa shape index (κ1) is 17.6. The van der Waals surface area contributed by atoms with Gasteiger partial charge in [-0.2, -0.15) is 4.98 Å². The minimum Gasteiger partial charge on any atom is -0.353 e. The standard InChI is InChI=1S/C20H27N3O2/c1-15-21-20(25-23-15)13-7-12-19(24)22-18-11-6-5-10-17(18)14-16-8-3-2-4-9-16/h2-4,8-9,17-18H,5-7,10-14H2,1H3,(H,22,24)/t17-,18-/m0/s1. The summed E-state index contributed by atoms with van der Waals surface area (Å²) in [5.41, 5.74) is 1.36. The maximum absolute atomic E-state index is 12.3. The number of nitrogens with one attached hydrogen (secondary N) is 1. The fourth-order valence-electron chi connectivity index (χ4n) is 3.68. The molecular weight excluding hydrogens is 314 g/mol. The van der Waals surface area contributed by atoms with Crippen molar-refractivity contribution in [3.8, 4) is 0 Å². The first-order valence-electron chi connectivity index (χ1n) is 9.33. The third-order valence-electron chi connectivity index (χ3n) is 4.96. The second kappa shape index (κ2) is 8.79. The summed E-state index contributed by atoms with van der Waals surface area (Å²) in [7, 11) is 0. The summed E-state index contributed by atoms with van der Waals surface area (Å²) in [5, 5.41) is 7.05. The van der Waals surface area contributed by atoms with E-state index >= 15 is 0 Å². The first-order chi connectivity index (χ1) is 12.2. The van der Waals surface area contributed by atoms with Gasteiger partial charge in [-0.05, 0) is 44.1 Å². The molecule has 1 amide bonds. The van der Waals surface area contributed by atoms with Crippen LogP contribution in [0.2, 0.25) is 0 Å². The van der Waals surface area contributed by atoms with E-state index in [2.05, 4.69) is 45.8 Å². The minimum atomic E-state index is 0.140. The second-order valence-electron chi connectivity index (χ2n) is 7.00. The predicted molar refractivity (Wildman–Crippen MR) is 96.0 cm³/mol. The van der Waals surface area contributed by atoms with Gasteiger partial charge in [0.1, 0.15) is 0 Å². The van der Waals surface area contributed by atoms with E-state index in [1.54, 1.807) is 6.92 Å². The highest BCUT2D eigenvalue weighted by atomic mass is 16.5. The van der Waals surface area contributed by atoms with E-state index in [1.165, 1.54) is 24.8 Å². The van der Waals surface area contributed by atoms with Crippen LogP contribution in [0.5, 0.6) is 0 Å². The van der Waals surface area contributed by atoms with Crippen LogP contribution in [0.4, 0.5) is 0 Å². The van der Waals surface area contributed by atoms with Gasteiger partial charge in [0, 0.05) is 18.9 Å². The average molecular weight is 341 g/mol. The fraction of sp³-hybridized carbons (Fsp3) is 0.550. The molecule has 2 atom stereocenters. The van der Waals surface area contributed by atoms with Crippen LogP contribution in [0, 0.1) is 12.8 Å². The van der Waals surface area contributed by atoms with Crippen molar-refractivity contribution in [1.29, 1.82) is 0 Å². The van der Waals surface area contributed by atoms with Crippen molar-refractivity contribution in [1.82, 2.24) is 15.5 Å². The molecule has 1 aromatic heterocycles. The zero-order chi connectivity index (χ0) is 17.5. The molecule has 0 saturated heterocycles. The Labute approximate surface area is 149 Å². The summed E-state index contributed by atoms with van der Waals surface area (Å²) in [4.78, 5) is 16.5. The molecule has 0 aliphatic heterocycles. The molecular formula is C20H27N3O2. The monoisotopic (exact) mass is 341 g/mol. The summed E-state index contributed by atoms with van der Waals surface area (Å²) in [6.07, 6.45) is 7.71. The smallest absolute Gasteiger partial charge is 0.226 e. The lowest BCUT2D eigenvalue weighted by Gasteiger charge is -2.32. The zero-order valence-electron chi connectivity index (χ0n) is 14.9. The van der Waals surface area contributed by atoms with E-state index in [1.807, 2.05) is 0 Å². The maximum atomic E-state index is 12.3. The Hall–Kier alpha value is -2.17. The highest BCUT2D eigenvalue weighted by Gasteiger charge is 2.26. The van der Waals surface area contributed by atoms with Gasteiger partial charge in [-0.15, -0.1) is 0 Å². The van der Waals surface area contributed by atoms with E-state index in [4.69, 9.17) is 4.52 Å². The highest BCUT2D eigenvalue weighted by molar-refractivity contribution is 5.76. The Morgan fingerprint density at radius 3 is 2.80 bits per heavy atom. The van der Waals surface area contributed by atoms with E-state index in [-0.39, 0.29) is 5.91 Å². The van der Waals surface area contributed by atoms with E-state index in [0.29, 0.717) is 36.5 Å². The lowest BCUT2D eigenvalue weighted by molar-refractivity contribution is -0.122. The van der Waals surface area contributed by atoms with Crippen molar-refractivity contribution < 1.29 is 9.32 Å². The first-order valence-corrected chi connectivity index (χ1v) is 9.33. The van der Waals surface area contributed by atoms with Gasteiger partial charge >= 0.3 is 0 Å². The Morgan fingerprint density at radius 1 is 1.24 bits per heavy atom. The van der Waals surface area contributed by atoms with Gasteiger partial charge in [0.05, 0.1) is 0 Å². The Balaban J connectivity index is 1.46. The summed E-state index contributed by atoms with van der Waals surface area (Å²) < 4.78 is 5.09. The van der Waals surface area contributed by atoms with Crippen molar-refractivity contribution in [2.24, 2.45) is 5.92 Å². The largest absolute Gasteiger partial charge is 0.353 e. The summed E-state index contributed by atoms with van der Waals surface area (Å²) in [6.45, 7) is 1.80. The number of carbonyl (C=O) groups is 1. The van der Waals surface area contributed by atoms with Crippen molar-refractivity contribution in [2.45, 2.75) is 64.3 Å². The molecule has 0 unspecified atom stereocenters. The molecule has 1 aliphatic rings. The Morgan fingerprint density at radius 2 is 2.04 bits per heavy atom. The Bertz CT molecular complexity index is 669. The third-order valence-corrected chi connectivity index (χ3v) is 4.96. The topological polar surface area (TPSA) is 68.0 Å². The molecule has 2 aromatic rings. The molecule has 134 valence electrons. The van der Waals surface area contributed by atoms with E-state index < -0.39 is 0 Å². The zero-order valence-corrected chi connectivity index (χ0v) is 14.9. The van der Waals surface area contributed by atoms with Crippen LogP contribution in [-0.4, -0.2) is 22.1 Å². The van der Waals surface area contributed by atoms with Gasteiger partial charge in [-0.1, -0.05) is 48.3 Å². The molecule has 1 aliphatic carbocycles. The number of hydrogen-bond acceptors (Lipinski definition) is 4. The van der Waals surface area contributed by atoms with Gasteiger partial charge in [0.15, 0.2) is 5.82 Å². The van der Waals surface area contributed by atoms with Gasteiger partial charge in [0.25, 0.3) is 0 Å². The van der Waals surface area contributed by atoms with Crippen molar-refractivity contribution in [3.05, 3.63) is 47.6 Å². The molecule has 1 saturated carbocycles. The molecule has 1 aromatic carbocycles. The molecule has 1 N–H and O–H groups in total. The van der Waals surface area contributed by atoms with Gasteiger partial charge < -0.3 is 9.84 Å². The molecule has 0 spiro atoms. The Kier molecular flexibility index (Phi) is 6.20. The summed E-state index contributed by atoms with van der Waals surface area (Å²) in [5.74, 6) is 1.94. The normalized spacial score (nSPS) is 20.4. The second-order valence-corrected chi connectivity index (χ2v) is 7.00. The maximum Gasteiger partial charge on any atom is 0.226 e. The summed E-state index contributed by atoms with van der Waals surface area (Å²) >= 11 is 0. The number of amides is 1. The van der Waals surface area contributed by atoms with E-state index in [0.717, 1.165) is 19.3 Å². The molecule has 5 heteroatoms.